The van der Waals surface area contributed by atoms with E-state index in [0.29, 0.717) is 0 Å². The van der Waals surface area contributed by atoms with E-state index >= 15 is 0 Å². The summed E-state index contributed by atoms with van der Waals surface area (Å²) in [6.45, 7) is 3.05. The Kier molecular flexibility index (Phi) is 20.0. The van der Waals surface area contributed by atoms with Crippen molar-refractivity contribution in [2.75, 3.05) is 26.4 Å². The average molecular weight is 482 g/mol. The highest BCUT2D eigenvalue weighted by atomic mass is 31.2. The first-order chi connectivity index (χ1) is 15.3. The lowest BCUT2D eigenvalue weighted by Gasteiger charge is -2.19. The summed E-state index contributed by atoms with van der Waals surface area (Å²) in [5.74, 6) is -0.930. The minimum Gasteiger partial charge on any atom is -0.462 e. The Morgan fingerprint density at radius 2 is 1.41 bits per heavy atom. The maximum Gasteiger partial charge on any atom is 0.472 e. The Morgan fingerprint density at radius 1 is 0.844 bits per heavy atom. The molecule has 0 saturated carbocycles. The van der Waals surface area contributed by atoms with Crippen molar-refractivity contribution in [1.82, 2.24) is 0 Å². The molecule has 0 amide bonds. The molecule has 0 aromatic heterocycles. The summed E-state index contributed by atoms with van der Waals surface area (Å²) in [6, 6.07) is 0. The highest BCUT2D eigenvalue weighted by Gasteiger charge is 2.25. The van der Waals surface area contributed by atoms with Crippen LogP contribution in [0.3, 0.4) is 0 Å². The van der Waals surface area contributed by atoms with Gasteiger partial charge in [0.25, 0.3) is 0 Å². The summed E-state index contributed by atoms with van der Waals surface area (Å²) in [5, 5.41) is 0. The van der Waals surface area contributed by atoms with Crippen LogP contribution in [0.1, 0.15) is 97.3 Å². The smallest absolute Gasteiger partial charge is 0.462 e. The number of carbonyl (C=O) groups is 2. The molecular weight excluding hydrogens is 437 g/mol. The zero-order chi connectivity index (χ0) is 24.1. The summed E-state index contributed by atoms with van der Waals surface area (Å²) in [4.78, 5) is 33.0. The Balaban J connectivity index is 4.00. The summed E-state index contributed by atoms with van der Waals surface area (Å²) in [7, 11) is -4.32. The molecule has 3 N–H and O–H groups in total. The number of phosphoric ester groups is 1. The lowest BCUT2D eigenvalue weighted by Crippen LogP contribution is -2.29. The first-order valence-corrected chi connectivity index (χ1v) is 13.5. The highest BCUT2D eigenvalue weighted by molar-refractivity contribution is 7.47. The first-order valence-electron chi connectivity index (χ1n) is 12.0. The monoisotopic (exact) mass is 481 g/mol. The van der Waals surface area contributed by atoms with Crippen molar-refractivity contribution in [2.24, 2.45) is 5.73 Å². The van der Waals surface area contributed by atoms with Gasteiger partial charge in [-0.3, -0.25) is 18.6 Å². The summed E-state index contributed by atoms with van der Waals surface area (Å²) < 4.78 is 31.4. The Morgan fingerprint density at radius 3 is 1.94 bits per heavy atom. The molecule has 0 aliphatic rings. The zero-order valence-electron chi connectivity index (χ0n) is 19.9. The standard InChI is InChI=1S/C22H44NO8P/c1-3-5-6-7-8-9-10-11-12-13-14-15-22(25)28-18-20(31-21(24)4-2)19-30-32(26,27)29-17-16-23/h20H,3-19,23H2,1-2H3,(H,26,27)/t20-/m1/s1. The molecule has 0 aliphatic carbocycles. The molecule has 10 heteroatoms. The minimum absolute atomic E-state index is 0.0544. The second kappa shape index (κ2) is 20.6. The first kappa shape index (κ1) is 31.0. The van der Waals surface area contributed by atoms with E-state index in [4.69, 9.17) is 19.7 Å². The van der Waals surface area contributed by atoms with Crippen LogP contribution < -0.4 is 5.73 Å². The molecule has 0 spiro atoms. The van der Waals surface area contributed by atoms with E-state index in [1.54, 1.807) is 6.92 Å². The normalized spacial score (nSPS) is 14.0. The van der Waals surface area contributed by atoms with Crippen LogP contribution in [0.15, 0.2) is 0 Å². The SMILES string of the molecule is CCCCCCCCCCCCCC(=O)OC[C@H](COP(=O)(O)OCCN)OC(=O)CC. The third-order valence-corrected chi connectivity index (χ3v) is 5.78. The van der Waals surface area contributed by atoms with Gasteiger partial charge in [-0.1, -0.05) is 78.1 Å². The highest BCUT2D eigenvalue weighted by Crippen LogP contribution is 2.43. The van der Waals surface area contributed by atoms with Crippen molar-refractivity contribution in [3.8, 4) is 0 Å². The lowest BCUT2D eigenvalue weighted by molar-refractivity contribution is -0.161. The lowest BCUT2D eigenvalue weighted by atomic mass is 10.1. The minimum atomic E-state index is -4.32. The van der Waals surface area contributed by atoms with E-state index in [9.17, 15) is 19.0 Å². The van der Waals surface area contributed by atoms with Crippen molar-refractivity contribution < 1.29 is 37.6 Å². The van der Waals surface area contributed by atoms with Crippen molar-refractivity contribution in [2.45, 2.75) is 103 Å². The molecule has 0 aromatic carbocycles. The fourth-order valence-electron chi connectivity index (χ4n) is 2.96. The van der Waals surface area contributed by atoms with E-state index in [2.05, 4.69) is 11.4 Å². The van der Waals surface area contributed by atoms with E-state index < -0.39 is 32.5 Å². The number of ether oxygens (including phenoxy) is 2. The van der Waals surface area contributed by atoms with Gasteiger partial charge < -0.3 is 20.1 Å². The fourth-order valence-corrected chi connectivity index (χ4v) is 3.72. The van der Waals surface area contributed by atoms with Gasteiger partial charge in [0.05, 0.1) is 13.2 Å². The summed E-state index contributed by atoms with van der Waals surface area (Å²) in [5.41, 5.74) is 5.22. The fraction of sp³-hybridized carbons (Fsp3) is 0.909. The van der Waals surface area contributed by atoms with Crippen molar-refractivity contribution in [3.05, 3.63) is 0 Å². The van der Waals surface area contributed by atoms with Crippen LogP contribution in [0, 0.1) is 0 Å². The summed E-state index contributed by atoms with van der Waals surface area (Å²) >= 11 is 0. The maximum absolute atomic E-state index is 12.0. The number of carbonyl (C=O) groups excluding carboxylic acids is 2. The Bertz CT molecular complexity index is 532. The van der Waals surface area contributed by atoms with Crippen molar-refractivity contribution in [1.29, 1.82) is 0 Å². The third kappa shape index (κ3) is 19.7. The zero-order valence-corrected chi connectivity index (χ0v) is 20.8. The molecule has 2 atom stereocenters. The van der Waals surface area contributed by atoms with Gasteiger partial charge in [-0.25, -0.2) is 4.57 Å². The van der Waals surface area contributed by atoms with Gasteiger partial charge in [0.2, 0.25) is 0 Å². The molecule has 1 unspecified atom stereocenters. The van der Waals surface area contributed by atoms with Gasteiger partial charge in [-0.05, 0) is 6.42 Å². The van der Waals surface area contributed by atoms with Crippen LogP contribution >= 0.6 is 7.82 Å². The number of unbranched alkanes of at least 4 members (excludes halogenated alkanes) is 10. The van der Waals surface area contributed by atoms with Crippen LogP contribution in [0.2, 0.25) is 0 Å². The molecule has 190 valence electrons. The van der Waals surface area contributed by atoms with Crippen LogP contribution in [0.4, 0.5) is 0 Å². The topological polar surface area (TPSA) is 134 Å². The molecule has 0 radical (unpaired) electrons. The van der Waals surface area contributed by atoms with Gasteiger partial charge in [-0.2, -0.15) is 0 Å². The molecular formula is C22H44NO8P. The Hall–Kier alpha value is -0.990. The van der Waals surface area contributed by atoms with Crippen molar-refractivity contribution >= 4 is 19.8 Å². The second-order valence-corrected chi connectivity index (χ2v) is 9.27. The van der Waals surface area contributed by atoms with Gasteiger partial charge in [0, 0.05) is 19.4 Å². The largest absolute Gasteiger partial charge is 0.472 e. The van der Waals surface area contributed by atoms with Crippen molar-refractivity contribution in [3.63, 3.8) is 0 Å². The van der Waals surface area contributed by atoms with Crippen LogP contribution in [0.5, 0.6) is 0 Å². The predicted octanol–water partition coefficient (Wildman–Crippen LogP) is 4.64. The van der Waals surface area contributed by atoms with Crippen LogP contribution in [0.25, 0.3) is 0 Å². The molecule has 0 fully saturated rings. The van der Waals surface area contributed by atoms with Gasteiger partial charge in [-0.15, -0.1) is 0 Å². The molecule has 0 aliphatic heterocycles. The summed E-state index contributed by atoms with van der Waals surface area (Å²) in [6.07, 6.45) is 12.5. The maximum atomic E-state index is 12.0. The third-order valence-electron chi connectivity index (χ3n) is 4.80. The van der Waals surface area contributed by atoms with Gasteiger partial charge in [0.15, 0.2) is 6.10 Å². The second-order valence-electron chi connectivity index (χ2n) is 7.82. The van der Waals surface area contributed by atoms with E-state index in [0.717, 1.165) is 19.3 Å². The molecule has 0 rings (SSSR count). The number of esters is 2. The molecule has 0 saturated heterocycles. The van der Waals surface area contributed by atoms with E-state index in [1.165, 1.54) is 51.4 Å². The van der Waals surface area contributed by atoms with Crippen LogP contribution in [-0.2, 0) is 32.7 Å². The predicted molar refractivity (Wildman–Crippen MR) is 123 cm³/mol. The van der Waals surface area contributed by atoms with Crippen LogP contribution in [-0.4, -0.2) is 49.3 Å². The number of nitrogens with two attached hydrogens (primary N) is 1. The van der Waals surface area contributed by atoms with Gasteiger partial charge >= 0.3 is 19.8 Å². The van der Waals surface area contributed by atoms with E-state index in [-0.39, 0.29) is 32.6 Å². The van der Waals surface area contributed by atoms with E-state index in [1.807, 2.05) is 0 Å². The average Bonchev–Trinajstić information content (AvgIpc) is 2.77. The molecule has 9 nitrogen and oxygen atoms in total. The molecule has 0 bridgehead atoms. The number of hydrogen-bond acceptors (Lipinski definition) is 8. The quantitative estimate of drug-likeness (QED) is 0.129. The number of rotatable bonds is 22. The van der Waals surface area contributed by atoms with Gasteiger partial charge in [0.1, 0.15) is 6.61 Å². The number of hydrogen-bond donors (Lipinski definition) is 2. The molecule has 32 heavy (non-hydrogen) atoms. The molecule has 0 heterocycles. The molecule has 0 aromatic rings. The number of phosphoric acid groups is 1. The Labute approximate surface area is 193 Å².